The molecule has 0 bridgehead atoms. The molecule has 0 radical (unpaired) electrons. The number of aliphatic hydroxyl groups is 1. The summed E-state index contributed by atoms with van der Waals surface area (Å²) in [5, 5.41) is 23.6. The number of likely N-dealkylation sites (tertiary alicyclic amines) is 1. The Balaban J connectivity index is 0.721. The fourth-order valence-electron chi connectivity index (χ4n) is 10.3. The Labute approximate surface area is 318 Å². The number of amides is 2. The molecule has 282 valence electrons. The molecule has 2 aliphatic carbocycles. The van der Waals surface area contributed by atoms with Crippen molar-refractivity contribution in [3.8, 4) is 5.75 Å². The van der Waals surface area contributed by atoms with Gasteiger partial charge in [0.1, 0.15) is 17.7 Å². The molecule has 54 heavy (non-hydrogen) atoms. The summed E-state index contributed by atoms with van der Waals surface area (Å²) >= 11 is 0. The van der Waals surface area contributed by atoms with Crippen molar-refractivity contribution in [2.45, 2.75) is 88.1 Å². The number of nitrogens with zero attached hydrogens (tertiary/aromatic N) is 3. The number of allylic oxidation sites excluding steroid dienone is 3. The minimum Gasteiger partial charge on any atom is -0.508 e. The average molecular weight is 729 g/mol. The molecule has 0 saturated carbocycles. The Morgan fingerprint density at radius 2 is 1.69 bits per heavy atom. The fraction of sp³-hybridized carbons (Fsp3) is 0.467. The van der Waals surface area contributed by atoms with Gasteiger partial charge < -0.3 is 19.8 Å². The van der Waals surface area contributed by atoms with E-state index in [4.69, 9.17) is 4.74 Å². The highest BCUT2D eigenvalue weighted by Crippen LogP contribution is 2.49. The Morgan fingerprint density at radius 1 is 0.870 bits per heavy atom. The van der Waals surface area contributed by atoms with Gasteiger partial charge in [0.15, 0.2) is 0 Å². The first-order valence-corrected chi connectivity index (χ1v) is 20.1. The van der Waals surface area contributed by atoms with Crippen LogP contribution in [0.3, 0.4) is 0 Å². The Bertz CT molecular complexity index is 1930. The number of rotatable bonds is 9. The van der Waals surface area contributed by atoms with E-state index in [9.17, 15) is 19.8 Å². The molecule has 2 amide bonds. The number of aryl methyl sites for hydroxylation is 1. The van der Waals surface area contributed by atoms with Crippen molar-refractivity contribution in [3.05, 3.63) is 119 Å². The minimum atomic E-state index is -0.826. The molecular formula is C45H52N4O5. The highest BCUT2D eigenvalue weighted by Gasteiger charge is 2.41. The highest BCUT2D eigenvalue weighted by molar-refractivity contribution is 6.00. The van der Waals surface area contributed by atoms with Crippen molar-refractivity contribution in [2.24, 2.45) is 11.8 Å². The van der Waals surface area contributed by atoms with Crippen molar-refractivity contribution in [1.29, 1.82) is 0 Å². The molecule has 0 spiro atoms. The van der Waals surface area contributed by atoms with E-state index in [0.29, 0.717) is 54.8 Å². The molecule has 3 aromatic carbocycles. The van der Waals surface area contributed by atoms with Crippen molar-refractivity contribution in [2.75, 3.05) is 37.7 Å². The quantitative estimate of drug-likeness (QED) is 0.221. The molecule has 9 nitrogen and oxygen atoms in total. The molecular weight excluding hydrogens is 677 g/mol. The third kappa shape index (κ3) is 6.98. The summed E-state index contributed by atoms with van der Waals surface area (Å²) in [7, 11) is 0. The number of aliphatic hydroxyl groups excluding tert-OH is 1. The number of phenols is 1. The van der Waals surface area contributed by atoms with Gasteiger partial charge in [0.05, 0.1) is 12.6 Å². The highest BCUT2D eigenvalue weighted by atomic mass is 16.5. The van der Waals surface area contributed by atoms with Gasteiger partial charge in [-0.2, -0.15) is 0 Å². The number of hydrogen-bond acceptors (Lipinski definition) is 8. The van der Waals surface area contributed by atoms with Crippen molar-refractivity contribution < 1.29 is 24.5 Å². The van der Waals surface area contributed by atoms with E-state index in [-0.39, 0.29) is 11.8 Å². The zero-order valence-corrected chi connectivity index (χ0v) is 31.0. The molecule has 4 aliphatic heterocycles. The minimum absolute atomic E-state index is 0.237. The SMILES string of the molecule is O=C1CCC(N2Cc3cc(N4CCC(N5CC(CCOC6=CCC([C@@H]7c8ccc(O)cc8CC[C@@H]7c7ccccc7)C=C6)C5)CC4)ccc3C2O)C(=O)N1. The monoisotopic (exact) mass is 728 g/mol. The molecule has 9 heteroatoms. The predicted molar refractivity (Wildman–Crippen MR) is 208 cm³/mol. The van der Waals surface area contributed by atoms with Crippen molar-refractivity contribution in [3.63, 3.8) is 0 Å². The lowest BCUT2D eigenvalue weighted by Crippen LogP contribution is -2.55. The number of phenolic OH excluding ortho intramolecular Hbond substituents is 1. The zero-order valence-electron chi connectivity index (χ0n) is 31.0. The van der Waals surface area contributed by atoms with E-state index in [1.165, 1.54) is 22.4 Å². The number of nitrogens with one attached hydrogen (secondary N) is 1. The number of carbonyl (C=O) groups is 2. The van der Waals surface area contributed by atoms with Crippen LogP contribution in [0.4, 0.5) is 5.69 Å². The average Bonchev–Trinajstić information content (AvgIpc) is 3.50. The van der Waals surface area contributed by atoms with Crippen LogP contribution in [0.5, 0.6) is 5.75 Å². The molecule has 3 aromatic rings. The number of anilines is 1. The molecule has 0 aromatic heterocycles. The summed E-state index contributed by atoms with van der Waals surface area (Å²) in [5.74, 6) is 2.71. The first kappa shape index (κ1) is 35.3. The molecule has 3 N–H and O–H groups in total. The third-order valence-corrected chi connectivity index (χ3v) is 13.2. The van der Waals surface area contributed by atoms with Gasteiger partial charge in [0, 0.05) is 56.4 Å². The van der Waals surface area contributed by atoms with Gasteiger partial charge in [0.2, 0.25) is 11.8 Å². The van der Waals surface area contributed by atoms with E-state index in [0.717, 1.165) is 88.2 Å². The number of benzene rings is 3. The Morgan fingerprint density at radius 3 is 2.46 bits per heavy atom. The van der Waals surface area contributed by atoms with Crippen LogP contribution < -0.4 is 10.2 Å². The van der Waals surface area contributed by atoms with Gasteiger partial charge in [-0.25, -0.2) is 0 Å². The zero-order chi connectivity index (χ0) is 36.8. The fourth-order valence-corrected chi connectivity index (χ4v) is 10.3. The summed E-state index contributed by atoms with van der Waals surface area (Å²) in [4.78, 5) is 31.0. The van der Waals surface area contributed by atoms with Crippen LogP contribution in [0.2, 0.25) is 0 Å². The van der Waals surface area contributed by atoms with E-state index in [1.807, 2.05) is 23.1 Å². The number of aromatic hydroxyl groups is 1. The van der Waals surface area contributed by atoms with E-state index >= 15 is 0 Å². The van der Waals surface area contributed by atoms with Crippen LogP contribution in [0.15, 0.2) is 90.7 Å². The predicted octanol–water partition coefficient (Wildman–Crippen LogP) is 6.29. The van der Waals surface area contributed by atoms with Gasteiger partial charge in [-0.05, 0) is 127 Å². The van der Waals surface area contributed by atoms with E-state index < -0.39 is 12.3 Å². The van der Waals surface area contributed by atoms with Gasteiger partial charge in [-0.3, -0.25) is 24.7 Å². The molecule has 3 saturated heterocycles. The second-order valence-corrected chi connectivity index (χ2v) is 16.4. The summed E-state index contributed by atoms with van der Waals surface area (Å²) < 4.78 is 6.32. The Hall–Kier alpha value is -4.44. The number of imide groups is 1. The lowest BCUT2D eigenvalue weighted by molar-refractivity contribution is -0.141. The number of carbonyl (C=O) groups excluding carboxylic acids is 2. The lowest BCUT2D eigenvalue weighted by atomic mass is 9.65. The topological polar surface area (TPSA) is 106 Å². The Kier molecular flexibility index (Phi) is 9.80. The van der Waals surface area contributed by atoms with E-state index in [2.05, 4.69) is 81.9 Å². The van der Waals surface area contributed by atoms with Gasteiger partial charge >= 0.3 is 0 Å². The number of piperidine rings is 2. The van der Waals surface area contributed by atoms with Crippen LogP contribution in [0.25, 0.3) is 0 Å². The number of hydrogen-bond donors (Lipinski definition) is 3. The summed E-state index contributed by atoms with van der Waals surface area (Å²) in [6.07, 6.45) is 13.2. The van der Waals surface area contributed by atoms with Crippen molar-refractivity contribution >= 4 is 17.5 Å². The van der Waals surface area contributed by atoms with Crippen LogP contribution in [0.1, 0.15) is 90.8 Å². The second-order valence-electron chi connectivity index (χ2n) is 16.4. The lowest BCUT2D eigenvalue weighted by Gasteiger charge is -2.47. The summed E-state index contributed by atoms with van der Waals surface area (Å²) in [6, 6.07) is 23.4. The maximum Gasteiger partial charge on any atom is 0.244 e. The first-order valence-electron chi connectivity index (χ1n) is 20.1. The van der Waals surface area contributed by atoms with Crippen LogP contribution in [-0.4, -0.2) is 76.7 Å². The van der Waals surface area contributed by atoms with Crippen LogP contribution in [-0.2, 0) is 27.3 Å². The molecule has 4 heterocycles. The normalized spacial score (nSPS) is 27.9. The second kappa shape index (κ2) is 15.0. The maximum atomic E-state index is 12.5. The van der Waals surface area contributed by atoms with Crippen LogP contribution >= 0.6 is 0 Å². The largest absolute Gasteiger partial charge is 0.508 e. The van der Waals surface area contributed by atoms with E-state index in [1.54, 1.807) is 0 Å². The smallest absolute Gasteiger partial charge is 0.244 e. The number of ether oxygens (including phenoxy) is 1. The van der Waals surface area contributed by atoms with Crippen LogP contribution in [0, 0.1) is 11.8 Å². The van der Waals surface area contributed by atoms with Gasteiger partial charge in [-0.1, -0.05) is 48.5 Å². The van der Waals surface area contributed by atoms with Gasteiger partial charge in [-0.15, -0.1) is 0 Å². The summed E-state index contributed by atoms with van der Waals surface area (Å²) in [5.41, 5.74) is 7.17. The maximum absolute atomic E-state index is 12.5. The number of fused-ring (bicyclic) bond motifs is 2. The third-order valence-electron chi connectivity index (χ3n) is 13.2. The first-order chi connectivity index (χ1) is 26.4. The molecule has 3 fully saturated rings. The molecule has 6 aliphatic rings. The standard InChI is InChI=1S/C45H52N4O5/c50-36-10-15-39-32(25-36)8-13-38(30-4-2-1-3-5-30)43(39)31-6-11-37(12-7-31)54-23-20-29-26-48(27-29)34-18-21-47(22-19-34)35-9-14-40-33(24-35)28-49(45(40)53)41-16-17-42(51)46-44(41)52/h1-6,9-12,14-15,24-25,29,31,34,38,41,43,45,50,53H,7-8,13,16-23,26-28H2,(H,46,51,52)/t31?,38-,41?,43+,45?/m1/s1. The molecule has 3 unspecified atom stereocenters. The molecule has 5 atom stereocenters. The summed E-state index contributed by atoms with van der Waals surface area (Å²) in [6.45, 7) is 5.58. The van der Waals surface area contributed by atoms with Crippen molar-refractivity contribution in [1.82, 2.24) is 15.1 Å². The molecule has 9 rings (SSSR count). The van der Waals surface area contributed by atoms with Gasteiger partial charge in [0.25, 0.3) is 0 Å².